The fourth-order valence-corrected chi connectivity index (χ4v) is 6.14. The average molecular weight is 503 g/mol. The monoisotopic (exact) mass is 501 g/mol. The molecule has 0 aromatic carbocycles. The van der Waals surface area contributed by atoms with Gasteiger partial charge < -0.3 is 16.0 Å². The molecule has 0 aliphatic carbocycles. The van der Waals surface area contributed by atoms with Gasteiger partial charge in [-0.3, -0.25) is 9.78 Å². The van der Waals surface area contributed by atoms with Gasteiger partial charge in [0.25, 0.3) is 0 Å². The Morgan fingerprint density at radius 2 is 2.00 bits per heavy atom. The minimum atomic E-state index is 0. The van der Waals surface area contributed by atoms with Crippen LogP contribution in [-0.2, 0) is 17.8 Å². The number of anilines is 1. The number of hydrogen-bond donors (Lipinski definition) is 3. The number of nitrogens with one attached hydrogen (secondary N) is 3. The van der Waals surface area contributed by atoms with Crippen LogP contribution in [0.1, 0.15) is 42.1 Å². The van der Waals surface area contributed by atoms with E-state index in [1.54, 1.807) is 22.7 Å². The van der Waals surface area contributed by atoms with E-state index in [1.807, 2.05) is 13.8 Å². The number of carbonyl (C=O) groups is 1. The van der Waals surface area contributed by atoms with Crippen LogP contribution in [0.15, 0.2) is 6.07 Å². The van der Waals surface area contributed by atoms with Gasteiger partial charge >= 0.3 is 0 Å². The van der Waals surface area contributed by atoms with Gasteiger partial charge in [0.15, 0.2) is 0 Å². The minimum Gasteiger partial charge on any atom is -0.317 e. The highest BCUT2D eigenvalue weighted by molar-refractivity contribution is 7.23. The lowest BCUT2D eigenvalue weighted by Gasteiger charge is -2.13. The van der Waals surface area contributed by atoms with Crippen LogP contribution in [0.3, 0.4) is 0 Å². The molecule has 0 bridgehead atoms. The number of aromatic nitrogens is 2. The molecule has 0 saturated heterocycles. The molecule has 3 aromatic rings. The summed E-state index contributed by atoms with van der Waals surface area (Å²) in [7, 11) is 0. The standard InChI is InChI=1S/C21H27N5OS2.2ClH/c1-11(2)23-8-6-17(27)25-20-18(14-5-7-22-10-16(14)29-20)21-26-19-13(4)24-12(3)9-15(19)28-21;;/h9,11,22-23H,5-8,10H2,1-4H3,(H,25,27);2*1H. The van der Waals surface area contributed by atoms with Gasteiger partial charge in [0.1, 0.15) is 15.5 Å². The number of hydrogen-bond acceptors (Lipinski definition) is 7. The molecule has 0 fully saturated rings. The maximum absolute atomic E-state index is 12.6. The summed E-state index contributed by atoms with van der Waals surface area (Å²) < 4.78 is 1.15. The fraction of sp³-hybridized carbons (Fsp3) is 0.476. The van der Waals surface area contributed by atoms with Crippen LogP contribution >= 0.6 is 47.5 Å². The molecule has 0 unspecified atom stereocenters. The first-order chi connectivity index (χ1) is 13.9. The number of halogens is 2. The molecule has 3 aromatic heterocycles. The summed E-state index contributed by atoms with van der Waals surface area (Å²) in [5.74, 6) is 0.0424. The molecule has 10 heteroatoms. The molecule has 0 radical (unpaired) electrons. The first-order valence-corrected chi connectivity index (χ1v) is 11.7. The van der Waals surface area contributed by atoms with E-state index < -0.39 is 0 Å². The summed E-state index contributed by atoms with van der Waals surface area (Å²) in [6.45, 7) is 10.7. The van der Waals surface area contributed by atoms with E-state index in [4.69, 9.17) is 4.98 Å². The summed E-state index contributed by atoms with van der Waals surface area (Å²) in [5, 5.41) is 11.8. The van der Waals surface area contributed by atoms with Crippen molar-refractivity contribution in [3.8, 4) is 10.6 Å². The summed E-state index contributed by atoms with van der Waals surface area (Å²) >= 11 is 3.37. The Morgan fingerprint density at radius 1 is 1.23 bits per heavy atom. The van der Waals surface area contributed by atoms with Crippen molar-refractivity contribution in [1.82, 2.24) is 20.6 Å². The summed E-state index contributed by atoms with van der Waals surface area (Å²) in [6, 6.07) is 2.47. The molecule has 31 heavy (non-hydrogen) atoms. The number of fused-ring (bicyclic) bond motifs is 2. The minimum absolute atomic E-state index is 0. The van der Waals surface area contributed by atoms with Gasteiger partial charge in [-0.2, -0.15) is 0 Å². The third-order valence-electron chi connectivity index (χ3n) is 4.98. The first kappa shape index (κ1) is 26.0. The quantitative estimate of drug-likeness (QED) is 0.449. The zero-order valence-corrected chi connectivity index (χ0v) is 21.4. The number of thiazole rings is 1. The zero-order valence-electron chi connectivity index (χ0n) is 18.1. The van der Waals surface area contributed by atoms with E-state index in [9.17, 15) is 4.79 Å². The predicted octanol–water partition coefficient (Wildman–Crippen LogP) is 4.85. The van der Waals surface area contributed by atoms with E-state index in [-0.39, 0.29) is 30.7 Å². The van der Waals surface area contributed by atoms with Crippen LogP contribution in [0.5, 0.6) is 0 Å². The Balaban J connectivity index is 0.00000171. The van der Waals surface area contributed by atoms with Crippen LogP contribution in [0.25, 0.3) is 20.8 Å². The van der Waals surface area contributed by atoms with Gasteiger partial charge in [-0.05, 0) is 38.4 Å². The Hall–Kier alpha value is -1.29. The second kappa shape index (κ2) is 11.0. The lowest BCUT2D eigenvalue weighted by molar-refractivity contribution is -0.116. The number of amides is 1. The highest BCUT2D eigenvalue weighted by Crippen LogP contribution is 2.45. The number of nitrogens with zero attached hydrogens (tertiary/aromatic N) is 2. The van der Waals surface area contributed by atoms with Crippen molar-refractivity contribution in [3.63, 3.8) is 0 Å². The number of thiophene rings is 1. The van der Waals surface area contributed by atoms with Crippen LogP contribution in [0.2, 0.25) is 0 Å². The smallest absolute Gasteiger partial charge is 0.226 e. The van der Waals surface area contributed by atoms with Crippen molar-refractivity contribution in [3.05, 3.63) is 27.9 Å². The highest BCUT2D eigenvalue weighted by Gasteiger charge is 2.25. The number of pyridine rings is 1. The van der Waals surface area contributed by atoms with Crippen LogP contribution in [0.4, 0.5) is 5.00 Å². The van der Waals surface area contributed by atoms with Gasteiger partial charge in [-0.1, -0.05) is 13.8 Å². The lowest BCUT2D eigenvalue weighted by atomic mass is 10.0. The molecule has 0 saturated carbocycles. The van der Waals surface area contributed by atoms with Crippen molar-refractivity contribution >= 4 is 68.6 Å². The van der Waals surface area contributed by atoms with Gasteiger partial charge in [-0.15, -0.1) is 47.5 Å². The molecular formula is C21H29Cl2N5OS2. The first-order valence-electron chi connectivity index (χ1n) is 10.1. The third kappa shape index (κ3) is 5.74. The van der Waals surface area contributed by atoms with Gasteiger partial charge in [0.05, 0.1) is 10.4 Å². The topological polar surface area (TPSA) is 78.9 Å². The largest absolute Gasteiger partial charge is 0.317 e. The van der Waals surface area contributed by atoms with Crippen molar-refractivity contribution in [2.75, 3.05) is 18.4 Å². The van der Waals surface area contributed by atoms with Gasteiger partial charge in [0, 0.05) is 41.7 Å². The maximum Gasteiger partial charge on any atom is 0.226 e. The zero-order chi connectivity index (χ0) is 20.5. The molecule has 0 spiro atoms. The molecule has 1 amide bonds. The molecule has 0 atom stereocenters. The SMILES string of the molecule is Cc1cc2sc(-c3c(NC(=O)CCNC(C)C)sc4c3CCNC4)nc2c(C)n1.Cl.Cl. The van der Waals surface area contributed by atoms with Crippen LogP contribution < -0.4 is 16.0 Å². The molecule has 1 aliphatic rings. The number of rotatable bonds is 6. The second-order valence-electron chi connectivity index (χ2n) is 7.76. The molecule has 6 nitrogen and oxygen atoms in total. The molecule has 3 N–H and O–H groups in total. The Kier molecular flexibility index (Phi) is 9.24. The van der Waals surface area contributed by atoms with Crippen LogP contribution in [-0.4, -0.2) is 35.0 Å². The van der Waals surface area contributed by atoms with Crippen molar-refractivity contribution in [2.45, 2.75) is 53.1 Å². The van der Waals surface area contributed by atoms with Crippen molar-refractivity contribution in [1.29, 1.82) is 0 Å². The molecular weight excluding hydrogens is 473 g/mol. The fourth-order valence-electron chi connectivity index (χ4n) is 3.65. The van der Waals surface area contributed by atoms with Gasteiger partial charge in [0.2, 0.25) is 5.91 Å². The highest BCUT2D eigenvalue weighted by atomic mass is 35.5. The molecule has 4 rings (SSSR count). The van der Waals surface area contributed by atoms with E-state index in [1.165, 1.54) is 10.4 Å². The Labute approximate surface area is 203 Å². The number of aryl methyl sites for hydroxylation is 2. The third-order valence-corrected chi connectivity index (χ3v) is 7.15. The second-order valence-corrected chi connectivity index (χ2v) is 9.89. The Bertz CT molecular complexity index is 1060. The van der Waals surface area contributed by atoms with E-state index in [0.29, 0.717) is 19.0 Å². The summed E-state index contributed by atoms with van der Waals surface area (Å²) in [5.41, 5.74) is 5.36. The van der Waals surface area contributed by atoms with Crippen LogP contribution in [0, 0.1) is 13.8 Å². The maximum atomic E-state index is 12.6. The Morgan fingerprint density at radius 3 is 2.74 bits per heavy atom. The predicted molar refractivity (Wildman–Crippen MR) is 136 cm³/mol. The number of carbonyl (C=O) groups excluding carboxylic acids is 1. The van der Waals surface area contributed by atoms with Crippen molar-refractivity contribution < 1.29 is 4.79 Å². The van der Waals surface area contributed by atoms with Crippen molar-refractivity contribution in [2.24, 2.45) is 0 Å². The summed E-state index contributed by atoms with van der Waals surface area (Å²) in [4.78, 5) is 23.4. The van der Waals surface area contributed by atoms with E-state index in [0.717, 1.165) is 56.7 Å². The molecule has 170 valence electrons. The van der Waals surface area contributed by atoms with Gasteiger partial charge in [-0.25, -0.2) is 4.98 Å². The molecule has 4 heterocycles. The normalized spacial score (nSPS) is 12.9. The molecule has 1 aliphatic heterocycles. The summed E-state index contributed by atoms with van der Waals surface area (Å²) in [6.07, 6.45) is 1.42. The van der Waals surface area contributed by atoms with E-state index >= 15 is 0 Å². The average Bonchev–Trinajstić information content (AvgIpc) is 3.21. The lowest BCUT2D eigenvalue weighted by Crippen LogP contribution is -2.27. The van der Waals surface area contributed by atoms with E-state index in [2.05, 4.69) is 40.8 Å².